The number of hydrogen-bond donors (Lipinski definition) is 3. The van der Waals surface area contributed by atoms with Crippen LogP contribution in [0.5, 0.6) is 0 Å². The molecule has 1 amide bonds. The van der Waals surface area contributed by atoms with Crippen LogP contribution in [0.2, 0.25) is 0 Å². The predicted octanol–water partition coefficient (Wildman–Crippen LogP) is 1.84. The second-order valence-electron chi connectivity index (χ2n) is 4.17. The van der Waals surface area contributed by atoms with Gasteiger partial charge in [0.2, 0.25) is 5.91 Å². The van der Waals surface area contributed by atoms with Crippen molar-refractivity contribution in [3.05, 3.63) is 29.8 Å². The first kappa shape index (κ1) is 14.2. The van der Waals surface area contributed by atoms with E-state index in [2.05, 4.69) is 5.32 Å². The molecule has 4 N–H and O–H groups in total. The molecule has 0 fully saturated rings. The molecule has 0 aliphatic carbocycles. The highest BCUT2D eigenvalue weighted by atomic mass is 16.4. The molecule has 1 aromatic rings. The SMILES string of the molecule is CCC(N)(CC)C(=O)Nc1ccccc1C(=O)O. The largest absolute Gasteiger partial charge is 0.478 e. The number of carboxylic acid groups (broad SMARTS) is 1. The van der Waals surface area contributed by atoms with Crippen molar-refractivity contribution in [1.29, 1.82) is 0 Å². The van der Waals surface area contributed by atoms with Crippen molar-refractivity contribution >= 4 is 17.6 Å². The van der Waals surface area contributed by atoms with Crippen LogP contribution in [0.4, 0.5) is 5.69 Å². The number of carboxylic acids is 1. The number of carbonyl (C=O) groups is 2. The number of rotatable bonds is 5. The summed E-state index contributed by atoms with van der Waals surface area (Å²) in [5.41, 5.74) is 5.31. The first-order chi connectivity index (χ1) is 8.44. The van der Waals surface area contributed by atoms with E-state index < -0.39 is 11.5 Å². The van der Waals surface area contributed by atoms with Gasteiger partial charge in [0.1, 0.15) is 0 Å². The third-order valence-corrected chi connectivity index (χ3v) is 3.12. The van der Waals surface area contributed by atoms with Crippen LogP contribution < -0.4 is 11.1 Å². The fraction of sp³-hybridized carbons (Fsp3) is 0.385. The number of hydrogen-bond acceptors (Lipinski definition) is 3. The van der Waals surface area contributed by atoms with Crippen LogP contribution in [0, 0.1) is 0 Å². The van der Waals surface area contributed by atoms with Crippen molar-refractivity contribution in [2.24, 2.45) is 5.73 Å². The van der Waals surface area contributed by atoms with Crippen LogP contribution in [0.25, 0.3) is 0 Å². The van der Waals surface area contributed by atoms with Crippen LogP contribution in [-0.2, 0) is 4.79 Å². The third kappa shape index (κ3) is 2.87. The number of anilines is 1. The Hall–Kier alpha value is -1.88. The summed E-state index contributed by atoms with van der Waals surface area (Å²) in [6, 6.07) is 6.26. The van der Waals surface area contributed by atoms with Crippen molar-refractivity contribution in [2.45, 2.75) is 32.2 Å². The standard InChI is InChI=1S/C13H18N2O3/c1-3-13(14,4-2)12(18)15-10-8-6-5-7-9(10)11(16)17/h5-8H,3-4,14H2,1-2H3,(H,15,18)(H,16,17). The fourth-order valence-corrected chi connectivity index (χ4v) is 1.60. The van der Waals surface area contributed by atoms with Gasteiger partial charge in [-0.05, 0) is 25.0 Å². The number of amides is 1. The molecule has 0 bridgehead atoms. The van der Waals surface area contributed by atoms with Gasteiger partial charge >= 0.3 is 5.97 Å². The Balaban J connectivity index is 2.98. The van der Waals surface area contributed by atoms with Gasteiger partial charge < -0.3 is 16.2 Å². The zero-order valence-electron chi connectivity index (χ0n) is 10.6. The predicted molar refractivity (Wildman–Crippen MR) is 69.5 cm³/mol. The first-order valence-corrected chi connectivity index (χ1v) is 5.87. The van der Waals surface area contributed by atoms with Crippen LogP contribution in [-0.4, -0.2) is 22.5 Å². The van der Waals surface area contributed by atoms with Gasteiger partial charge in [-0.3, -0.25) is 4.79 Å². The quantitative estimate of drug-likeness (QED) is 0.743. The maximum absolute atomic E-state index is 12.0. The van der Waals surface area contributed by atoms with Gasteiger partial charge in [-0.2, -0.15) is 0 Å². The zero-order valence-corrected chi connectivity index (χ0v) is 10.6. The molecule has 0 saturated carbocycles. The average molecular weight is 250 g/mol. The Morgan fingerprint density at radius 3 is 2.33 bits per heavy atom. The topological polar surface area (TPSA) is 92.4 Å². The molecule has 0 radical (unpaired) electrons. The maximum Gasteiger partial charge on any atom is 0.337 e. The normalized spacial score (nSPS) is 11.1. The molecule has 1 rings (SSSR count). The van der Waals surface area contributed by atoms with E-state index in [1.54, 1.807) is 18.2 Å². The Labute approximate surface area is 106 Å². The molecule has 0 spiro atoms. The molecule has 0 heterocycles. The molecule has 0 atom stereocenters. The maximum atomic E-state index is 12.0. The average Bonchev–Trinajstić information content (AvgIpc) is 2.38. The summed E-state index contributed by atoms with van der Waals surface area (Å²) in [6.07, 6.45) is 0.981. The molecule has 1 aromatic carbocycles. The summed E-state index contributed by atoms with van der Waals surface area (Å²) in [6.45, 7) is 3.65. The third-order valence-electron chi connectivity index (χ3n) is 3.12. The smallest absolute Gasteiger partial charge is 0.337 e. The molecule has 5 heteroatoms. The molecule has 18 heavy (non-hydrogen) atoms. The van der Waals surface area contributed by atoms with E-state index in [4.69, 9.17) is 10.8 Å². The van der Waals surface area contributed by atoms with E-state index in [9.17, 15) is 9.59 Å². The Bertz CT molecular complexity index is 453. The summed E-state index contributed by atoms with van der Waals surface area (Å²) >= 11 is 0. The van der Waals surface area contributed by atoms with Crippen molar-refractivity contribution in [2.75, 3.05) is 5.32 Å². The summed E-state index contributed by atoms with van der Waals surface area (Å²) in [5.74, 6) is -1.44. The van der Waals surface area contributed by atoms with Gasteiger partial charge in [0.25, 0.3) is 0 Å². The molecule has 98 valence electrons. The van der Waals surface area contributed by atoms with Crippen molar-refractivity contribution in [3.8, 4) is 0 Å². The van der Waals surface area contributed by atoms with E-state index >= 15 is 0 Å². The minimum atomic E-state index is -1.08. The van der Waals surface area contributed by atoms with Crippen LogP contribution >= 0.6 is 0 Å². The molecule has 0 aliphatic heterocycles. The molecular weight excluding hydrogens is 232 g/mol. The van der Waals surface area contributed by atoms with E-state index in [1.807, 2.05) is 13.8 Å². The lowest BCUT2D eigenvalue weighted by atomic mass is 9.93. The first-order valence-electron chi connectivity index (χ1n) is 5.87. The van der Waals surface area contributed by atoms with Crippen LogP contribution in [0.15, 0.2) is 24.3 Å². The molecular formula is C13H18N2O3. The minimum Gasteiger partial charge on any atom is -0.478 e. The number of nitrogens with one attached hydrogen (secondary N) is 1. The molecule has 0 unspecified atom stereocenters. The summed E-state index contributed by atoms with van der Waals surface area (Å²) < 4.78 is 0. The molecule has 0 aromatic heterocycles. The van der Waals surface area contributed by atoms with Gasteiger partial charge in [-0.25, -0.2) is 4.79 Å². The van der Waals surface area contributed by atoms with Gasteiger partial charge in [-0.15, -0.1) is 0 Å². The van der Waals surface area contributed by atoms with Gasteiger partial charge in [0.05, 0.1) is 16.8 Å². The number of carbonyl (C=O) groups excluding carboxylic acids is 1. The Kier molecular flexibility index (Phi) is 4.44. The van der Waals surface area contributed by atoms with E-state index in [1.165, 1.54) is 6.07 Å². The highest BCUT2D eigenvalue weighted by molar-refractivity contribution is 6.03. The lowest BCUT2D eigenvalue weighted by molar-refractivity contribution is -0.121. The number of nitrogens with two attached hydrogens (primary N) is 1. The summed E-state index contributed by atoms with van der Waals surface area (Å²) in [4.78, 5) is 23.1. The van der Waals surface area contributed by atoms with Gasteiger partial charge in [-0.1, -0.05) is 26.0 Å². The van der Waals surface area contributed by atoms with Crippen LogP contribution in [0.1, 0.15) is 37.0 Å². The number of benzene rings is 1. The number of aromatic carboxylic acids is 1. The lowest BCUT2D eigenvalue weighted by Crippen LogP contribution is -2.50. The Morgan fingerprint density at radius 1 is 1.28 bits per heavy atom. The Morgan fingerprint density at radius 2 is 1.83 bits per heavy atom. The monoisotopic (exact) mass is 250 g/mol. The van der Waals surface area contributed by atoms with E-state index in [0.717, 1.165) is 0 Å². The van der Waals surface area contributed by atoms with Crippen LogP contribution in [0.3, 0.4) is 0 Å². The summed E-state index contributed by atoms with van der Waals surface area (Å²) in [5, 5.41) is 11.6. The van der Waals surface area contributed by atoms with Crippen molar-refractivity contribution < 1.29 is 14.7 Å². The zero-order chi connectivity index (χ0) is 13.8. The van der Waals surface area contributed by atoms with Crippen molar-refractivity contribution in [3.63, 3.8) is 0 Å². The van der Waals surface area contributed by atoms with Gasteiger partial charge in [0.15, 0.2) is 0 Å². The van der Waals surface area contributed by atoms with Gasteiger partial charge in [0, 0.05) is 0 Å². The molecule has 5 nitrogen and oxygen atoms in total. The fourth-order valence-electron chi connectivity index (χ4n) is 1.60. The number of para-hydroxylation sites is 1. The van der Waals surface area contributed by atoms with E-state index in [-0.39, 0.29) is 17.2 Å². The second kappa shape index (κ2) is 5.64. The lowest BCUT2D eigenvalue weighted by Gasteiger charge is -2.25. The highest BCUT2D eigenvalue weighted by Crippen LogP contribution is 2.19. The minimum absolute atomic E-state index is 0.0559. The highest BCUT2D eigenvalue weighted by Gasteiger charge is 2.30. The molecule has 0 aliphatic rings. The summed E-state index contributed by atoms with van der Waals surface area (Å²) in [7, 11) is 0. The second-order valence-corrected chi connectivity index (χ2v) is 4.17. The van der Waals surface area contributed by atoms with E-state index in [0.29, 0.717) is 12.8 Å². The van der Waals surface area contributed by atoms with Crippen molar-refractivity contribution in [1.82, 2.24) is 0 Å². The molecule has 0 saturated heterocycles.